The maximum absolute atomic E-state index is 12.6. The van der Waals surface area contributed by atoms with Crippen LogP contribution in [0.5, 0.6) is 0 Å². The number of hydrogen-bond donors (Lipinski definition) is 0. The Labute approximate surface area is 368 Å². The van der Waals surface area contributed by atoms with Gasteiger partial charge in [0.15, 0.2) is 6.10 Å². The van der Waals surface area contributed by atoms with E-state index < -0.39 is 6.10 Å². The Morgan fingerprint density at radius 1 is 0.339 bits per heavy atom. The minimum Gasteiger partial charge on any atom is -0.462 e. The van der Waals surface area contributed by atoms with Crippen molar-refractivity contribution in [2.45, 2.75) is 303 Å². The van der Waals surface area contributed by atoms with Crippen LogP contribution < -0.4 is 0 Å². The van der Waals surface area contributed by atoms with Gasteiger partial charge in [0.25, 0.3) is 0 Å². The number of hydrogen-bond acceptors (Lipinski definition) is 6. The van der Waals surface area contributed by atoms with E-state index in [1.54, 1.807) is 0 Å². The molecule has 6 heteroatoms. The Bertz CT molecular complexity index is 889. The highest BCUT2D eigenvalue weighted by molar-refractivity contribution is 5.71. The first kappa shape index (κ1) is 57.4. The first-order valence-corrected chi connectivity index (χ1v) is 26.4. The summed E-state index contributed by atoms with van der Waals surface area (Å²) in [6, 6.07) is 0. The zero-order chi connectivity index (χ0) is 43.1. The lowest BCUT2D eigenvalue weighted by atomic mass is 9.99. The Balaban J connectivity index is 4.00. The Hall–Kier alpha value is -1.59. The average molecular weight is 835 g/mol. The smallest absolute Gasteiger partial charge is 0.306 e. The molecule has 0 amide bonds. The summed E-state index contributed by atoms with van der Waals surface area (Å²) in [6.45, 7) is 9.00. The van der Waals surface area contributed by atoms with E-state index in [1.165, 1.54) is 186 Å². The zero-order valence-corrected chi connectivity index (χ0v) is 40.2. The normalized spacial score (nSPS) is 12.4. The third kappa shape index (κ3) is 45.8. The average Bonchev–Trinajstić information content (AvgIpc) is 3.23. The molecule has 0 aliphatic carbocycles. The molecule has 1 unspecified atom stereocenters. The molecule has 0 radical (unpaired) electrons. The maximum Gasteiger partial charge on any atom is 0.306 e. The molecule has 0 spiro atoms. The van der Waals surface area contributed by atoms with Gasteiger partial charge in [0.05, 0.1) is 0 Å². The van der Waals surface area contributed by atoms with Crippen molar-refractivity contribution in [3.63, 3.8) is 0 Å². The standard InChI is InChI=1S/C53H102O6/c1-5-8-10-12-13-14-15-16-24-27-30-33-37-40-44-51(54)57-47-50(59-53(56)46-42-35-11-9-6-2)48-58-52(55)45-41-38-34-31-28-25-22-20-18-17-19-21-23-26-29-32-36-39-43-49(4)7-3/h49-50H,5-48H2,1-4H3/t49?,50-/m0/s1. The Morgan fingerprint density at radius 2 is 0.593 bits per heavy atom. The number of unbranched alkanes of at least 4 members (excludes halogenated alkanes) is 34. The minimum absolute atomic E-state index is 0.0642. The topological polar surface area (TPSA) is 78.9 Å². The van der Waals surface area contributed by atoms with E-state index >= 15 is 0 Å². The summed E-state index contributed by atoms with van der Waals surface area (Å²) in [7, 11) is 0. The second-order valence-corrected chi connectivity index (χ2v) is 18.4. The first-order valence-electron chi connectivity index (χ1n) is 26.4. The molecule has 0 aromatic rings. The number of esters is 3. The van der Waals surface area contributed by atoms with Gasteiger partial charge in [0.1, 0.15) is 13.2 Å². The van der Waals surface area contributed by atoms with E-state index in [-0.39, 0.29) is 31.1 Å². The molecule has 0 bridgehead atoms. The van der Waals surface area contributed by atoms with Crippen LogP contribution in [0.2, 0.25) is 0 Å². The van der Waals surface area contributed by atoms with Gasteiger partial charge in [-0.1, -0.05) is 259 Å². The molecule has 0 rings (SSSR count). The molecule has 59 heavy (non-hydrogen) atoms. The molecule has 0 fully saturated rings. The van der Waals surface area contributed by atoms with E-state index in [1.807, 2.05) is 0 Å². The zero-order valence-electron chi connectivity index (χ0n) is 40.2. The van der Waals surface area contributed by atoms with Crippen LogP contribution in [0.4, 0.5) is 0 Å². The Kier molecular flexibility index (Phi) is 46.2. The lowest BCUT2D eigenvalue weighted by Gasteiger charge is -2.18. The first-order chi connectivity index (χ1) is 28.9. The van der Waals surface area contributed by atoms with Gasteiger partial charge in [0.2, 0.25) is 0 Å². The second-order valence-electron chi connectivity index (χ2n) is 18.4. The van der Waals surface area contributed by atoms with Gasteiger partial charge < -0.3 is 14.2 Å². The lowest BCUT2D eigenvalue weighted by molar-refractivity contribution is -0.167. The van der Waals surface area contributed by atoms with E-state index in [2.05, 4.69) is 27.7 Å². The van der Waals surface area contributed by atoms with Gasteiger partial charge in [-0.05, 0) is 25.2 Å². The summed E-state index contributed by atoms with van der Waals surface area (Å²) in [5.74, 6) is 0.0507. The number of rotatable bonds is 48. The summed E-state index contributed by atoms with van der Waals surface area (Å²) < 4.78 is 16.7. The fourth-order valence-corrected chi connectivity index (χ4v) is 8.01. The van der Waals surface area contributed by atoms with Crippen LogP contribution in [0.25, 0.3) is 0 Å². The van der Waals surface area contributed by atoms with Crippen LogP contribution in [0.15, 0.2) is 0 Å². The predicted molar refractivity (Wildman–Crippen MR) is 252 cm³/mol. The summed E-state index contributed by atoms with van der Waals surface area (Å²) in [4.78, 5) is 37.6. The molecule has 0 aliphatic rings. The molecule has 0 aromatic heterocycles. The third-order valence-electron chi connectivity index (χ3n) is 12.4. The maximum atomic E-state index is 12.6. The molecule has 0 aromatic carbocycles. The van der Waals surface area contributed by atoms with Crippen LogP contribution in [0, 0.1) is 5.92 Å². The van der Waals surface area contributed by atoms with E-state index in [0.717, 1.165) is 70.1 Å². The monoisotopic (exact) mass is 835 g/mol. The number of carbonyl (C=O) groups is 3. The second kappa shape index (κ2) is 47.5. The molecule has 0 aliphatic heterocycles. The van der Waals surface area contributed by atoms with Crippen LogP contribution >= 0.6 is 0 Å². The van der Waals surface area contributed by atoms with Crippen molar-refractivity contribution in [1.29, 1.82) is 0 Å². The molecular weight excluding hydrogens is 733 g/mol. The van der Waals surface area contributed by atoms with Gasteiger partial charge >= 0.3 is 17.9 Å². The molecule has 0 saturated carbocycles. The highest BCUT2D eigenvalue weighted by Gasteiger charge is 2.19. The molecule has 6 nitrogen and oxygen atoms in total. The number of ether oxygens (including phenoxy) is 3. The SMILES string of the molecule is CCCCCCCCCCCCCCCCC(=O)OC[C@@H](COC(=O)CCCCCCCCCCCCCCCCCCCCC(C)CC)OC(=O)CCCCCCC. The van der Waals surface area contributed by atoms with Gasteiger partial charge in [0, 0.05) is 19.3 Å². The fourth-order valence-electron chi connectivity index (χ4n) is 8.01. The van der Waals surface area contributed by atoms with E-state index in [4.69, 9.17) is 14.2 Å². The quantitative estimate of drug-likeness (QED) is 0.0345. The van der Waals surface area contributed by atoms with E-state index in [9.17, 15) is 14.4 Å². The van der Waals surface area contributed by atoms with Gasteiger partial charge in [-0.2, -0.15) is 0 Å². The van der Waals surface area contributed by atoms with Crippen LogP contribution in [0.1, 0.15) is 297 Å². The van der Waals surface area contributed by atoms with Crippen molar-refractivity contribution in [3.8, 4) is 0 Å². The third-order valence-corrected chi connectivity index (χ3v) is 12.4. The van der Waals surface area contributed by atoms with E-state index in [0.29, 0.717) is 19.3 Å². The molecule has 0 N–H and O–H groups in total. The van der Waals surface area contributed by atoms with Crippen molar-refractivity contribution in [2.75, 3.05) is 13.2 Å². The fraction of sp³-hybridized carbons (Fsp3) is 0.943. The van der Waals surface area contributed by atoms with Crippen molar-refractivity contribution in [1.82, 2.24) is 0 Å². The van der Waals surface area contributed by atoms with Crippen molar-refractivity contribution < 1.29 is 28.6 Å². The summed E-state index contributed by atoms with van der Waals surface area (Å²) >= 11 is 0. The Morgan fingerprint density at radius 3 is 0.881 bits per heavy atom. The molecule has 350 valence electrons. The van der Waals surface area contributed by atoms with Gasteiger partial charge in [-0.15, -0.1) is 0 Å². The van der Waals surface area contributed by atoms with Crippen LogP contribution in [0.3, 0.4) is 0 Å². The van der Waals surface area contributed by atoms with Crippen LogP contribution in [-0.2, 0) is 28.6 Å². The van der Waals surface area contributed by atoms with Gasteiger partial charge in [-0.25, -0.2) is 0 Å². The minimum atomic E-state index is -0.758. The summed E-state index contributed by atoms with van der Waals surface area (Å²) in [6.07, 6.45) is 49.8. The molecule has 0 saturated heterocycles. The van der Waals surface area contributed by atoms with Gasteiger partial charge in [-0.3, -0.25) is 14.4 Å². The predicted octanol–water partition coefficient (Wildman–Crippen LogP) is 17.1. The molecular formula is C53H102O6. The lowest BCUT2D eigenvalue weighted by Crippen LogP contribution is -2.30. The largest absolute Gasteiger partial charge is 0.462 e. The van der Waals surface area contributed by atoms with Crippen molar-refractivity contribution >= 4 is 17.9 Å². The summed E-state index contributed by atoms with van der Waals surface area (Å²) in [5, 5.41) is 0. The van der Waals surface area contributed by atoms with Crippen molar-refractivity contribution in [3.05, 3.63) is 0 Å². The summed E-state index contributed by atoms with van der Waals surface area (Å²) in [5.41, 5.74) is 0. The van der Waals surface area contributed by atoms with Crippen molar-refractivity contribution in [2.24, 2.45) is 5.92 Å². The molecule has 0 heterocycles. The van der Waals surface area contributed by atoms with Crippen LogP contribution in [-0.4, -0.2) is 37.2 Å². The molecule has 2 atom stereocenters. The number of carbonyl (C=O) groups excluding carboxylic acids is 3. The highest BCUT2D eigenvalue weighted by Crippen LogP contribution is 2.18. The highest BCUT2D eigenvalue weighted by atomic mass is 16.6.